The van der Waals surface area contributed by atoms with Crippen LogP contribution in [0.15, 0.2) is 58.2 Å². The summed E-state index contributed by atoms with van der Waals surface area (Å²) in [6, 6.07) is 15.5. The number of hydrogen-bond donors (Lipinski definition) is 1. The monoisotopic (exact) mass is 464 g/mol. The molecule has 1 heterocycles. The van der Waals surface area contributed by atoms with E-state index < -0.39 is 0 Å². The largest absolute Gasteiger partial charge is 0.325 e. The zero-order valence-corrected chi connectivity index (χ0v) is 17.8. The molecule has 3 aromatic rings. The quantitative estimate of drug-likeness (QED) is 0.497. The number of nitrogens with one attached hydrogen (secondary N) is 1. The van der Waals surface area contributed by atoms with Crippen molar-refractivity contribution in [3.8, 4) is 0 Å². The number of anilines is 1. The van der Waals surface area contributed by atoms with Crippen LogP contribution in [0.25, 0.3) is 0 Å². The van der Waals surface area contributed by atoms with Crippen LogP contribution < -0.4 is 5.32 Å². The Balaban J connectivity index is 1.62. The second-order valence-corrected chi connectivity index (χ2v) is 7.98. The molecule has 0 saturated heterocycles. The van der Waals surface area contributed by atoms with E-state index in [1.165, 1.54) is 17.3 Å². The minimum atomic E-state index is -0.117. The summed E-state index contributed by atoms with van der Waals surface area (Å²) in [5.41, 5.74) is 1.84. The van der Waals surface area contributed by atoms with E-state index in [0.29, 0.717) is 17.1 Å². The maximum absolute atomic E-state index is 12.2. The van der Waals surface area contributed by atoms with Gasteiger partial charge in [-0.3, -0.25) is 4.79 Å². The maximum atomic E-state index is 12.2. The highest BCUT2D eigenvalue weighted by Gasteiger charge is 2.14. The van der Waals surface area contributed by atoms with Gasteiger partial charge in [0.15, 0.2) is 5.16 Å². The first kappa shape index (κ1) is 19.9. The van der Waals surface area contributed by atoms with Gasteiger partial charge in [0.05, 0.1) is 10.8 Å². The van der Waals surface area contributed by atoms with E-state index in [4.69, 9.17) is 11.6 Å². The Morgan fingerprint density at radius 3 is 2.70 bits per heavy atom. The minimum absolute atomic E-state index is 0.117. The van der Waals surface area contributed by atoms with Crippen LogP contribution in [0.3, 0.4) is 0 Å². The molecule has 0 bridgehead atoms. The number of amides is 1. The fraction of sp³-hybridized carbons (Fsp3) is 0.211. The van der Waals surface area contributed by atoms with Gasteiger partial charge in [-0.25, -0.2) is 0 Å². The summed E-state index contributed by atoms with van der Waals surface area (Å²) in [4.78, 5) is 12.2. The minimum Gasteiger partial charge on any atom is -0.325 e. The molecule has 2 aromatic carbocycles. The first-order valence-electron chi connectivity index (χ1n) is 8.40. The lowest BCUT2D eigenvalue weighted by Gasteiger charge is -2.08. The number of nitrogens with zero attached hydrogens (tertiary/aromatic N) is 3. The van der Waals surface area contributed by atoms with Crippen molar-refractivity contribution in [2.24, 2.45) is 0 Å². The summed E-state index contributed by atoms with van der Waals surface area (Å²) < 4.78 is 2.83. The summed E-state index contributed by atoms with van der Waals surface area (Å²) in [6.45, 7) is 2.80. The molecule has 27 heavy (non-hydrogen) atoms. The van der Waals surface area contributed by atoms with Crippen LogP contribution in [0, 0.1) is 0 Å². The molecule has 0 spiro atoms. The number of hydrogen-bond acceptors (Lipinski definition) is 4. The van der Waals surface area contributed by atoms with Gasteiger partial charge in [-0.15, -0.1) is 10.2 Å². The van der Waals surface area contributed by atoms with Gasteiger partial charge in [-0.1, -0.05) is 53.7 Å². The summed E-state index contributed by atoms with van der Waals surface area (Å²) in [5.74, 6) is 1.02. The maximum Gasteiger partial charge on any atom is 0.234 e. The third-order valence-corrected chi connectivity index (χ3v) is 6.05. The molecule has 0 fully saturated rings. The summed E-state index contributed by atoms with van der Waals surface area (Å²) in [5, 5.41) is 12.7. The average Bonchev–Trinajstić information content (AvgIpc) is 3.05. The van der Waals surface area contributed by atoms with Crippen LogP contribution in [0.1, 0.15) is 18.3 Å². The van der Waals surface area contributed by atoms with Crippen molar-refractivity contribution in [3.05, 3.63) is 69.4 Å². The van der Waals surface area contributed by atoms with Gasteiger partial charge < -0.3 is 9.88 Å². The Morgan fingerprint density at radius 1 is 1.22 bits per heavy atom. The Morgan fingerprint density at radius 2 is 2.00 bits per heavy atom. The molecule has 0 saturated carbocycles. The number of halogens is 2. The van der Waals surface area contributed by atoms with E-state index >= 15 is 0 Å². The van der Waals surface area contributed by atoms with E-state index in [2.05, 4.69) is 43.6 Å². The van der Waals surface area contributed by atoms with Gasteiger partial charge >= 0.3 is 0 Å². The van der Waals surface area contributed by atoms with Crippen LogP contribution in [-0.4, -0.2) is 26.4 Å². The van der Waals surface area contributed by atoms with E-state index in [0.717, 1.165) is 22.0 Å². The predicted octanol–water partition coefficient (Wildman–Crippen LogP) is 5.04. The molecular formula is C19H18BrClN4OS. The number of rotatable bonds is 7. The highest BCUT2D eigenvalue weighted by molar-refractivity contribution is 9.10. The van der Waals surface area contributed by atoms with Crippen LogP contribution >= 0.6 is 39.3 Å². The lowest BCUT2D eigenvalue weighted by atomic mass is 10.1. The Kier molecular flexibility index (Phi) is 6.93. The fourth-order valence-corrected chi connectivity index (χ4v) is 3.80. The SMILES string of the molecule is CCn1c(Cc2ccccc2)nnc1SCC(=O)Nc1ccc(Br)c(Cl)c1. The van der Waals surface area contributed by atoms with Crippen molar-refractivity contribution in [2.45, 2.75) is 25.0 Å². The van der Waals surface area contributed by atoms with E-state index in [-0.39, 0.29) is 11.7 Å². The molecule has 140 valence electrons. The molecule has 1 aromatic heterocycles. The second-order valence-electron chi connectivity index (χ2n) is 5.77. The van der Waals surface area contributed by atoms with Crippen molar-refractivity contribution in [2.75, 3.05) is 11.1 Å². The molecule has 0 unspecified atom stereocenters. The number of aromatic nitrogens is 3. The second kappa shape index (κ2) is 9.39. The van der Waals surface area contributed by atoms with Crippen molar-refractivity contribution in [1.82, 2.24) is 14.8 Å². The van der Waals surface area contributed by atoms with Gasteiger partial charge in [0.1, 0.15) is 5.82 Å². The highest BCUT2D eigenvalue weighted by Crippen LogP contribution is 2.26. The van der Waals surface area contributed by atoms with Gasteiger partial charge in [0, 0.05) is 23.1 Å². The third-order valence-electron chi connectivity index (χ3n) is 3.85. The Labute approximate surface area is 175 Å². The average molecular weight is 466 g/mol. The van der Waals surface area contributed by atoms with Crippen LogP contribution in [0.5, 0.6) is 0 Å². The van der Waals surface area contributed by atoms with Crippen LogP contribution in [-0.2, 0) is 17.8 Å². The molecule has 1 N–H and O–H groups in total. The fourth-order valence-electron chi connectivity index (χ4n) is 2.55. The van der Waals surface area contributed by atoms with Gasteiger partial charge in [-0.2, -0.15) is 0 Å². The lowest BCUT2D eigenvalue weighted by Crippen LogP contribution is -2.14. The summed E-state index contributed by atoms with van der Waals surface area (Å²) in [7, 11) is 0. The predicted molar refractivity (Wildman–Crippen MR) is 113 cm³/mol. The normalized spacial score (nSPS) is 10.8. The van der Waals surface area contributed by atoms with E-state index in [9.17, 15) is 4.79 Å². The molecule has 0 aliphatic heterocycles. The van der Waals surface area contributed by atoms with Crippen molar-refractivity contribution >= 4 is 50.9 Å². The number of thioether (sulfide) groups is 1. The van der Waals surface area contributed by atoms with Crippen molar-refractivity contribution in [3.63, 3.8) is 0 Å². The summed E-state index contributed by atoms with van der Waals surface area (Å²) in [6.07, 6.45) is 0.714. The zero-order chi connectivity index (χ0) is 19.2. The molecule has 5 nitrogen and oxygen atoms in total. The lowest BCUT2D eigenvalue weighted by molar-refractivity contribution is -0.113. The van der Waals surface area contributed by atoms with Crippen molar-refractivity contribution in [1.29, 1.82) is 0 Å². The van der Waals surface area contributed by atoms with Gasteiger partial charge in [-0.05, 0) is 46.6 Å². The molecule has 0 radical (unpaired) electrons. The number of benzene rings is 2. The first-order valence-corrected chi connectivity index (χ1v) is 10.6. The van der Waals surface area contributed by atoms with Crippen molar-refractivity contribution < 1.29 is 4.79 Å². The summed E-state index contributed by atoms with van der Waals surface area (Å²) >= 11 is 10.8. The molecule has 0 atom stereocenters. The number of carbonyl (C=O) groups is 1. The highest BCUT2D eigenvalue weighted by atomic mass is 79.9. The van der Waals surface area contributed by atoms with Crippen LogP contribution in [0.2, 0.25) is 5.02 Å². The Bertz CT molecular complexity index is 933. The molecule has 1 amide bonds. The van der Waals surface area contributed by atoms with E-state index in [1.54, 1.807) is 18.2 Å². The molecule has 0 aliphatic rings. The van der Waals surface area contributed by atoms with Gasteiger partial charge in [0.25, 0.3) is 0 Å². The Hall–Kier alpha value is -1.83. The number of carbonyl (C=O) groups excluding carboxylic acids is 1. The van der Waals surface area contributed by atoms with E-state index in [1.807, 2.05) is 29.7 Å². The standard InChI is InChI=1S/C19H18BrClN4OS/c1-2-25-17(10-13-6-4-3-5-7-13)23-24-19(25)27-12-18(26)22-14-8-9-15(20)16(21)11-14/h3-9,11H,2,10,12H2,1H3,(H,22,26). The zero-order valence-electron chi connectivity index (χ0n) is 14.7. The third kappa shape index (κ3) is 5.34. The first-order chi connectivity index (χ1) is 13.1. The van der Waals surface area contributed by atoms with Gasteiger partial charge in [0.2, 0.25) is 5.91 Å². The molecule has 3 rings (SSSR count). The van der Waals surface area contributed by atoms with Crippen LogP contribution in [0.4, 0.5) is 5.69 Å². The molecule has 8 heteroatoms. The molecular weight excluding hydrogens is 448 g/mol. The smallest absolute Gasteiger partial charge is 0.234 e. The topological polar surface area (TPSA) is 59.8 Å². The molecule has 0 aliphatic carbocycles.